The fraction of sp³-hybridized carbons (Fsp3) is 0.778. The Labute approximate surface area is 125 Å². The number of rotatable bonds is 7. The van der Waals surface area contributed by atoms with E-state index in [2.05, 4.69) is 65.1 Å². The first kappa shape index (κ1) is 17.3. The first-order valence-electron chi connectivity index (χ1n) is 8.17. The van der Waals surface area contributed by atoms with Crippen molar-refractivity contribution in [2.75, 3.05) is 0 Å². The van der Waals surface area contributed by atoms with Crippen LogP contribution >= 0.6 is 0 Å². The van der Waals surface area contributed by atoms with Crippen LogP contribution in [0.2, 0.25) is 0 Å². The summed E-state index contributed by atoms with van der Waals surface area (Å²) >= 11 is 0. The van der Waals surface area contributed by atoms with Crippen LogP contribution in [0, 0.1) is 17.8 Å². The van der Waals surface area contributed by atoms with E-state index < -0.39 is 0 Å². The number of allylic oxidation sites excluding steroid dienone is 1. The van der Waals surface area contributed by atoms with Crippen molar-refractivity contribution in [1.29, 1.82) is 0 Å². The second-order valence-electron chi connectivity index (χ2n) is 7.51. The Morgan fingerprint density at radius 3 is 2.15 bits per heavy atom. The summed E-state index contributed by atoms with van der Waals surface area (Å²) in [5.41, 5.74) is 7.63. The van der Waals surface area contributed by atoms with E-state index in [1.54, 1.807) is 0 Å². The summed E-state index contributed by atoms with van der Waals surface area (Å²) in [6, 6.07) is 0.518. The first-order chi connectivity index (χ1) is 9.23. The molecule has 20 heavy (non-hydrogen) atoms. The standard InChI is InChI=1S/C18H34N2/c1-13(2)11-15(5)18(19)9-7-17(8-10-18)20-16(6)12-14(3)4/h7-9,13-16,20H,10-12,19H2,1-6H3. The third-order valence-corrected chi connectivity index (χ3v) is 4.23. The van der Waals surface area contributed by atoms with Gasteiger partial charge in [0.05, 0.1) is 0 Å². The van der Waals surface area contributed by atoms with Gasteiger partial charge in [-0.15, -0.1) is 0 Å². The third kappa shape index (κ3) is 5.32. The van der Waals surface area contributed by atoms with Gasteiger partial charge in [-0.1, -0.05) is 46.8 Å². The molecule has 3 unspecified atom stereocenters. The SMILES string of the molecule is CC(C)CC(C)NC1=CCC(N)(C(C)CC(C)C)C=C1. The Kier molecular flexibility index (Phi) is 6.32. The topological polar surface area (TPSA) is 38.0 Å². The minimum absolute atomic E-state index is 0.170. The summed E-state index contributed by atoms with van der Waals surface area (Å²) in [6.07, 6.45) is 9.98. The fourth-order valence-electron chi connectivity index (χ4n) is 3.12. The molecule has 1 aliphatic carbocycles. The van der Waals surface area contributed by atoms with E-state index in [1.165, 1.54) is 18.5 Å². The smallest absolute Gasteiger partial charge is 0.0404 e. The molecule has 0 amide bonds. The normalized spacial score (nSPS) is 25.8. The Hall–Kier alpha value is -0.760. The average molecular weight is 278 g/mol. The van der Waals surface area contributed by atoms with Gasteiger partial charge in [0.2, 0.25) is 0 Å². The Balaban J connectivity index is 2.54. The number of hydrogen-bond acceptors (Lipinski definition) is 2. The van der Waals surface area contributed by atoms with Crippen LogP contribution in [-0.4, -0.2) is 11.6 Å². The molecular formula is C18H34N2. The Morgan fingerprint density at radius 1 is 1.10 bits per heavy atom. The van der Waals surface area contributed by atoms with Gasteiger partial charge >= 0.3 is 0 Å². The highest BCUT2D eigenvalue weighted by atomic mass is 14.9. The minimum atomic E-state index is -0.170. The maximum absolute atomic E-state index is 6.57. The van der Waals surface area contributed by atoms with Crippen molar-refractivity contribution in [3.8, 4) is 0 Å². The van der Waals surface area contributed by atoms with Crippen molar-refractivity contribution in [2.45, 2.75) is 72.4 Å². The molecule has 2 heteroatoms. The molecule has 3 N–H and O–H groups in total. The molecule has 0 spiro atoms. The lowest BCUT2D eigenvalue weighted by molar-refractivity contribution is 0.302. The quantitative estimate of drug-likeness (QED) is 0.731. The zero-order valence-corrected chi connectivity index (χ0v) is 14.2. The van der Waals surface area contributed by atoms with Gasteiger partial charge in [0.15, 0.2) is 0 Å². The molecule has 0 aromatic rings. The predicted molar refractivity (Wildman–Crippen MR) is 89.4 cm³/mol. The lowest BCUT2D eigenvalue weighted by atomic mass is 9.76. The van der Waals surface area contributed by atoms with Crippen molar-refractivity contribution >= 4 is 0 Å². The van der Waals surface area contributed by atoms with Crippen molar-refractivity contribution in [1.82, 2.24) is 5.32 Å². The third-order valence-electron chi connectivity index (χ3n) is 4.23. The first-order valence-corrected chi connectivity index (χ1v) is 8.17. The highest BCUT2D eigenvalue weighted by molar-refractivity contribution is 5.29. The molecule has 0 radical (unpaired) electrons. The maximum atomic E-state index is 6.57. The lowest BCUT2D eigenvalue weighted by Gasteiger charge is -2.35. The van der Waals surface area contributed by atoms with Crippen molar-refractivity contribution < 1.29 is 0 Å². The van der Waals surface area contributed by atoms with Gasteiger partial charge in [-0.2, -0.15) is 0 Å². The summed E-state index contributed by atoms with van der Waals surface area (Å²) < 4.78 is 0. The van der Waals surface area contributed by atoms with Crippen LogP contribution in [0.4, 0.5) is 0 Å². The van der Waals surface area contributed by atoms with E-state index in [0.29, 0.717) is 17.9 Å². The van der Waals surface area contributed by atoms with Crippen molar-refractivity contribution in [3.63, 3.8) is 0 Å². The molecule has 0 aliphatic heterocycles. The molecule has 1 aliphatic rings. The second-order valence-corrected chi connectivity index (χ2v) is 7.51. The van der Waals surface area contributed by atoms with Crippen LogP contribution in [-0.2, 0) is 0 Å². The second kappa shape index (κ2) is 7.31. The highest BCUT2D eigenvalue weighted by Gasteiger charge is 2.30. The molecular weight excluding hydrogens is 244 g/mol. The Bertz CT molecular complexity index is 354. The number of nitrogens with one attached hydrogen (secondary N) is 1. The molecule has 0 saturated heterocycles. The zero-order valence-electron chi connectivity index (χ0n) is 14.2. The van der Waals surface area contributed by atoms with E-state index in [4.69, 9.17) is 5.73 Å². The van der Waals surface area contributed by atoms with Crippen LogP contribution < -0.4 is 11.1 Å². The number of hydrogen-bond donors (Lipinski definition) is 2. The van der Waals surface area contributed by atoms with E-state index in [0.717, 1.165) is 12.3 Å². The molecule has 116 valence electrons. The van der Waals surface area contributed by atoms with Crippen LogP contribution in [0.3, 0.4) is 0 Å². The molecule has 0 fully saturated rings. The fourth-order valence-corrected chi connectivity index (χ4v) is 3.12. The largest absolute Gasteiger partial charge is 0.383 e. The summed E-state index contributed by atoms with van der Waals surface area (Å²) in [7, 11) is 0. The predicted octanol–water partition coefficient (Wildman–Crippen LogP) is 4.23. The average Bonchev–Trinajstić information content (AvgIpc) is 2.30. The van der Waals surface area contributed by atoms with Gasteiger partial charge in [-0.25, -0.2) is 0 Å². The monoisotopic (exact) mass is 278 g/mol. The summed E-state index contributed by atoms with van der Waals surface area (Å²) in [5, 5.41) is 3.59. The number of nitrogens with two attached hydrogens (primary N) is 1. The lowest BCUT2D eigenvalue weighted by Crippen LogP contribution is -2.45. The van der Waals surface area contributed by atoms with Gasteiger partial charge in [0, 0.05) is 17.3 Å². The summed E-state index contributed by atoms with van der Waals surface area (Å²) in [4.78, 5) is 0. The molecule has 1 rings (SSSR count). The Morgan fingerprint density at radius 2 is 1.70 bits per heavy atom. The van der Waals surface area contributed by atoms with Gasteiger partial charge in [-0.05, 0) is 50.0 Å². The highest BCUT2D eigenvalue weighted by Crippen LogP contribution is 2.30. The molecule has 2 nitrogen and oxygen atoms in total. The van der Waals surface area contributed by atoms with E-state index in [-0.39, 0.29) is 5.54 Å². The molecule has 0 aromatic carbocycles. The van der Waals surface area contributed by atoms with Crippen molar-refractivity contribution in [3.05, 3.63) is 23.9 Å². The molecule has 0 heterocycles. The van der Waals surface area contributed by atoms with E-state index >= 15 is 0 Å². The maximum Gasteiger partial charge on any atom is 0.0404 e. The van der Waals surface area contributed by atoms with Crippen LogP contribution in [0.1, 0.15) is 60.8 Å². The van der Waals surface area contributed by atoms with Gasteiger partial charge in [0.1, 0.15) is 0 Å². The summed E-state index contributed by atoms with van der Waals surface area (Å²) in [5.74, 6) is 1.95. The van der Waals surface area contributed by atoms with E-state index in [1.807, 2.05) is 0 Å². The minimum Gasteiger partial charge on any atom is -0.383 e. The molecule has 0 aromatic heterocycles. The van der Waals surface area contributed by atoms with Crippen LogP contribution in [0.25, 0.3) is 0 Å². The molecule has 0 bridgehead atoms. The zero-order chi connectivity index (χ0) is 15.3. The van der Waals surface area contributed by atoms with Gasteiger partial charge in [0.25, 0.3) is 0 Å². The van der Waals surface area contributed by atoms with Crippen molar-refractivity contribution in [2.24, 2.45) is 23.5 Å². The summed E-state index contributed by atoms with van der Waals surface area (Å²) in [6.45, 7) is 13.6. The van der Waals surface area contributed by atoms with Gasteiger partial charge < -0.3 is 11.1 Å². The van der Waals surface area contributed by atoms with Crippen LogP contribution in [0.5, 0.6) is 0 Å². The molecule has 3 atom stereocenters. The van der Waals surface area contributed by atoms with Crippen LogP contribution in [0.15, 0.2) is 23.9 Å². The van der Waals surface area contributed by atoms with Gasteiger partial charge in [-0.3, -0.25) is 0 Å². The molecule has 0 saturated carbocycles. The van der Waals surface area contributed by atoms with E-state index in [9.17, 15) is 0 Å².